The smallest absolute Gasteiger partial charge is 0.295 e. The van der Waals surface area contributed by atoms with E-state index in [0.29, 0.717) is 69.7 Å². The number of carbonyl (C=O) groups is 3. The molecule has 20 heteroatoms. The lowest BCUT2D eigenvalue weighted by Crippen LogP contribution is -2.33. The number of benzene rings is 5. The van der Waals surface area contributed by atoms with E-state index in [9.17, 15) is 14.4 Å². The molecule has 0 spiro atoms. The van der Waals surface area contributed by atoms with Gasteiger partial charge in [0, 0.05) is 50.0 Å². The summed E-state index contributed by atoms with van der Waals surface area (Å²) in [5.41, 5.74) is 7.97. The molecular formula is C55H48N14O6. The number of para-hydroxylation sites is 2. The summed E-state index contributed by atoms with van der Waals surface area (Å²) in [7, 11) is 1.00. The molecule has 0 radical (unpaired) electrons. The molecule has 5 aromatic carbocycles. The molecule has 0 fully saturated rings. The van der Waals surface area contributed by atoms with Crippen molar-refractivity contribution in [3.05, 3.63) is 228 Å². The van der Waals surface area contributed by atoms with Gasteiger partial charge in [0.2, 0.25) is 0 Å². The molecule has 0 saturated heterocycles. The van der Waals surface area contributed by atoms with Crippen LogP contribution in [0.2, 0.25) is 0 Å². The predicted octanol–water partition coefficient (Wildman–Crippen LogP) is 7.24. The van der Waals surface area contributed by atoms with Crippen LogP contribution in [-0.2, 0) is 12.8 Å². The number of oxime groups is 1. The predicted molar refractivity (Wildman–Crippen MR) is 280 cm³/mol. The van der Waals surface area contributed by atoms with Gasteiger partial charge in [-0.05, 0) is 115 Å². The quantitative estimate of drug-likeness (QED) is 0.0401. The summed E-state index contributed by atoms with van der Waals surface area (Å²) in [5.74, 6) is 9.64. The number of hydrogen-bond acceptors (Lipinski definition) is 17. The number of amides is 2. The topological polar surface area (TPSA) is 269 Å². The van der Waals surface area contributed by atoms with Crippen LogP contribution >= 0.6 is 0 Å². The average Bonchev–Trinajstić information content (AvgIpc) is 4.14. The summed E-state index contributed by atoms with van der Waals surface area (Å²) >= 11 is 0. The lowest BCUT2D eigenvalue weighted by Gasteiger charge is -2.13. The highest BCUT2D eigenvalue weighted by molar-refractivity contribution is 6.20. The van der Waals surface area contributed by atoms with Gasteiger partial charge in [-0.3, -0.25) is 36.0 Å². The van der Waals surface area contributed by atoms with Crippen molar-refractivity contribution in [1.82, 2.24) is 54.7 Å². The second-order valence-electron chi connectivity index (χ2n) is 16.1. The van der Waals surface area contributed by atoms with Crippen LogP contribution in [0.5, 0.6) is 11.5 Å². The number of aliphatic hydroxyl groups is 1. The van der Waals surface area contributed by atoms with E-state index in [1.54, 1.807) is 82.1 Å². The zero-order chi connectivity index (χ0) is 52.7. The van der Waals surface area contributed by atoms with Gasteiger partial charge in [0.25, 0.3) is 11.8 Å². The fourth-order valence-corrected chi connectivity index (χ4v) is 7.59. The van der Waals surface area contributed by atoms with Gasteiger partial charge in [0.05, 0.1) is 22.2 Å². The van der Waals surface area contributed by atoms with Crippen molar-refractivity contribution in [2.75, 3.05) is 7.11 Å². The van der Waals surface area contributed by atoms with E-state index >= 15 is 0 Å². The Labute approximate surface area is 428 Å². The summed E-state index contributed by atoms with van der Waals surface area (Å²) < 4.78 is 3.38. The molecule has 20 nitrogen and oxygen atoms in total. The van der Waals surface area contributed by atoms with Crippen LogP contribution in [-0.4, -0.2) is 90.2 Å². The van der Waals surface area contributed by atoms with E-state index in [-0.39, 0.29) is 5.78 Å². The first-order chi connectivity index (χ1) is 36.7. The molecule has 0 saturated carbocycles. The number of ketones is 1. The fraction of sp³-hybridized carbons (Fsp3) is 0.0909. The molecule has 0 aliphatic carbocycles. The Morgan fingerprint density at radius 1 is 0.547 bits per heavy atom. The Balaban J connectivity index is 0.000000149. The van der Waals surface area contributed by atoms with Crippen molar-refractivity contribution in [2.45, 2.75) is 26.7 Å². The van der Waals surface area contributed by atoms with Crippen LogP contribution in [0.1, 0.15) is 73.5 Å². The number of rotatable bonds is 10. The molecule has 6 aromatic heterocycles. The zero-order valence-corrected chi connectivity index (χ0v) is 40.7. The van der Waals surface area contributed by atoms with Gasteiger partial charge in [-0.1, -0.05) is 83.0 Å². The third-order valence-corrected chi connectivity index (χ3v) is 11.2. The Morgan fingerprint density at radius 3 is 1.52 bits per heavy atom. The Bertz CT molecular complexity index is 3760. The van der Waals surface area contributed by atoms with Crippen molar-refractivity contribution in [3.63, 3.8) is 0 Å². The van der Waals surface area contributed by atoms with E-state index in [2.05, 4.69) is 81.7 Å². The van der Waals surface area contributed by atoms with Crippen LogP contribution in [0.15, 0.2) is 187 Å². The number of fused-ring (bicyclic) bond motifs is 5. The number of carbonyl (C=O) groups excluding carboxylic acids is 3. The van der Waals surface area contributed by atoms with Gasteiger partial charge in [0.1, 0.15) is 17.1 Å². The lowest BCUT2D eigenvalue weighted by atomic mass is 10.1. The van der Waals surface area contributed by atoms with Gasteiger partial charge in [-0.2, -0.15) is 19.2 Å². The number of hydrogen-bond donors (Lipinski definition) is 3. The maximum absolute atomic E-state index is 12.0. The number of hydrazine groups is 1. The molecule has 1 aliphatic rings. The number of pyridine rings is 2. The minimum Gasteiger partial charge on any atom is -0.400 e. The molecule has 5 N–H and O–H groups in total. The highest BCUT2D eigenvalue weighted by Crippen LogP contribution is 2.25. The first-order valence-corrected chi connectivity index (χ1v) is 23.1. The van der Waals surface area contributed by atoms with Crippen molar-refractivity contribution in [2.24, 2.45) is 16.8 Å². The molecule has 0 unspecified atom stereocenters. The minimum atomic E-state index is -0.431. The van der Waals surface area contributed by atoms with E-state index in [4.69, 9.17) is 14.8 Å². The number of aromatic nitrogens is 10. The van der Waals surface area contributed by atoms with E-state index < -0.39 is 11.8 Å². The van der Waals surface area contributed by atoms with Crippen LogP contribution in [0.3, 0.4) is 0 Å². The summed E-state index contributed by atoms with van der Waals surface area (Å²) in [5, 5.41) is 40.0. The second kappa shape index (κ2) is 24.4. The third-order valence-electron chi connectivity index (χ3n) is 11.2. The largest absolute Gasteiger partial charge is 0.400 e. The molecular weight excluding hydrogens is 953 g/mol. The third kappa shape index (κ3) is 12.2. The lowest BCUT2D eigenvalue weighted by molar-refractivity contribution is -0.0141. The number of hydroxylamine groups is 2. The van der Waals surface area contributed by atoms with Gasteiger partial charge < -0.3 is 14.8 Å². The van der Waals surface area contributed by atoms with Gasteiger partial charge in [-0.25, -0.2) is 0 Å². The van der Waals surface area contributed by atoms with Crippen LogP contribution < -0.4 is 21.4 Å². The molecule has 7 heterocycles. The highest BCUT2D eigenvalue weighted by Gasteiger charge is 2.37. The van der Waals surface area contributed by atoms with Gasteiger partial charge in [0.15, 0.2) is 40.2 Å². The maximum Gasteiger partial charge on any atom is 0.295 e. The summed E-state index contributed by atoms with van der Waals surface area (Å²) in [4.78, 5) is 55.0. The molecule has 1 aliphatic heterocycles. The average molecular weight is 1000 g/mol. The van der Waals surface area contributed by atoms with Crippen molar-refractivity contribution in [3.8, 4) is 11.5 Å². The monoisotopic (exact) mass is 1000 g/mol. The summed E-state index contributed by atoms with van der Waals surface area (Å²) in [6.45, 7) is 3.35. The standard InChI is InChI=1S/C23H18N6O.C17H13N5O.C14H9NO3.CH4O.H4N2/c1-16(28-30-19-7-3-2-4-8-19)20-11-12-22-25-26-23(29(22)27-20)15-17-9-10-21-18(14-17)6-5-13-24-21;1-11(23)14-6-7-16-19-20-17(22(16)21-14)10-12-4-5-15-13(9-12)3-2-8-18-15;16-13-11-8-4-5-9-12(11)14(17)15(13)18-10-6-2-1-3-7-10;2*1-2/h2-14H,15H2,1H3;2-9H,10H2,1H3;1-9H;2H,1H3;1-2H2/b28-16+;;;;. The molecule has 2 amide bonds. The number of nitrogens with two attached hydrogens (primary N) is 2. The fourth-order valence-electron chi connectivity index (χ4n) is 7.59. The molecule has 11 aromatic rings. The first kappa shape index (κ1) is 51.3. The molecule has 12 rings (SSSR count). The van der Waals surface area contributed by atoms with Crippen LogP contribution in [0, 0.1) is 0 Å². The Kier molecular flexibility index (Phi) is 16.7. The number of imide groups is 1. The second-order valence-corrected chi connectivity index (χ2v) is 16.1. The molecule has 374 valence electrons. The SMILES string of the molecule is C/C(=N\Oc1ccccc1)c1ccc2nnc(Cc3ccc4ncccc4c3)n2n1.CC(=O)c1ccc2nnc(Cc3ccc4ncccc4c3)n2n1.CO.NN.O=C1c2ccccc2C(=O)N1Oc1ccccc1. The molecule has 0 bridgehead atoms. The normalized spacial score (nSPS) is 11.6. The number of Topliss-reactive ketones (excluding diaryl/α,β-unsaturated/α-hetero) is 1. The van der Waals surface area contributed by atoms with Crippen molar-refractivity contribution in [1.29, 1.82) is 0 Å². The maximum atomic E-state index is 12.0. The van der Waals surface area contributed by atoms with Crippen LogP contribution in [0.25, 0.3) is 33.1 Å². The summed E-state index contributed by atoms with van der Waals surface area (Å²) in [6, 6.07) is 52.2. The highest BCUT2D eigenvalue weighted by atomic mass is 16.7. The van der Waals surface area contributed by atoms with E-state index in [0.717, 1.165) is 50.9 Å². The number of nitrogens with zero attached hydrogens (tertiary/aromatic N) is 12. The van der Waals surface area contributed by atoms with E-state index in [1.165, 1.54) is 6.92 Å². The summed E-state index contributed by atoms with van der Waals surface area (Å²) in [6.07, 6.45) is 4.77. The Hall–Kier alpha value is -10.0. The van der Waals surface area contributed by atoms with Crippen LogP contribution in [0.4, 0.5) is 0 Å². The first-order valence-electron chi connectivity index (χ1n) is 23.1. The molecule has 0 atom stereocenters. The minimum absolute atomic E-state index is 0.0803. The van der Waals surface area contributed by atoms with Crippen molar-refractivity contribution >= 4 is 56.4 Å². The van der Waals surface area contributed by atoms with Crippen molar-refractivity contribution < 1.29 is 29.2 Å². The van der Waals surface area contributed by atoms with Gasteiger partial charge >= 0.3 is 0 Å². The Morgan fingerprint density at radius 2 is 1.01 bits per heavy atom. The zero-order valence-electron chi connectivity index (χ0n) is 40.7. The number of aliphatic hydroxyl groups excluding tert-OH is 1. The van der Waals surface area contributed by atoms with E-state index in [1.807, 2.05) is 91.9 Å². The van der Waals surface area contributed by atoms with Gasteiger partial charge in [-0.15, -0.1) is 20.4 Å². The molecule has 75 heavy (non-hydrogen) atoms.